The Morgan fingerprint density at radius 1 is 1.28 bits per heavy atom. The molecule has 1 N–H and O–H groups in total. The molecule has 0 fully saturated rings. The Labute approximate surface area is 108 Å². The fraction of sp³-hybridized carbons (Fsp3) is 0.333. The first-order valence-electron chi connectivity index (χ1n) is 6.19. The maximum absolute atomic E-state index is 5.37. The summed E-state index contributed by atoms with van der Waals surface area (Å²) in [5.74, 6) is 0.939. The van der Waals surface area contributed by atoms with Crippen molar-refractivity contribution < 1.29 is 4.74 Å². The van der Waals surface area contributed by atoms with E-state index in [1.54, 1.807) is 7.11 Å². The number of aromatic nitrogens is 1. The summed E-state index contributed by atoms with van der Waals surface area (Å²) in [4.78, 5) is 0. The molecule has 0 amide bonds. The van der Waals surface area contributed by atoms with Gasteiger partial charge in [0.1, 0.15) is 5.75 Å². The third-order valence-electron chi connectivity index (χ3n) is 3.25. The number of nitrogens with one attached hydrogen (secondary N) is 1. The van der Waals surface area contributed by atoms with Crippen LogP contribution in [0, 0.1) is 0 Å². The van der Waals surface area contributed by atoms with E-state index in [-0.39, 0.29) is 0 Å². The first-order valence-corrected chi connectivity index (χ1v) is 6.19. The number of nitrogens with zero attached hydrogens (tertiary/aromatic N) is 1. The van der Waals surface area contributed by atoms with Gasteiger partial charge in [-0.2, -0.15) is 0 Å². The van der Waals surface area contributed by atoms with Gasteiger partial charge in [-0.3, -0.25) is 0 Å². The van der Waals surface area contributed by atoms with Crippen molar-refractivity contribution in [3.63, 3.8) is 0 Å². The number of ether oxygens (including phenoxy) is 1. The first-order chi connectivity index (χ1) is 8.74. The van der Waals surface area contributed by atoms with E-state index in [2.05, 4.69) is 41.3 Å². The minimum atomic E-state index is 0.379. The Hall–Kier alpha value is -1.74. The second-order valence-electron chi connectivity index (χ2n) is 4.44. The van der Waals surface area contributed by atoms with Crippen LogP contribution in [0.15, 0.2) is 42.7 Å². The molecular weight excluding hydrogens is 224 g/mol. The molecule has 3 nitrogen and oxygen atoms in total. The number of benzene rings is 1. The first kappa shape index (κ1) is 12.7. The molecule has 1 atom stereocenters. The van der Waals surface area contributed by atoms with Crippen LogP contribution >= 0.6 is 0 Å². The van der Waals surface area contributed by atoms with E-state index in [4.69, 9.17) is 4.74 Å². The highest BCUT2D eigenvalue weighted by atomic mass is 16.5. The molecule has 0 saturated carbocycles. The molecule has 18 heavy (non-hydrogen) atoms. The quantitative estimate of drug-likeness (QED) is 0.875. The molecule has 3 heteroatoms. The molecule has 1 aromatic carbocycles. The van der Waals surface area contributed by atoms with E-state index in [0.717, 1.165) is 12.3 Å². The van der Waals surface area contributed by atoms with E-state index in [9.17, 15) is 0 Å². The molecular formula is C15H20N2O. The molecule has 0 aliphatic carbocycles. The van der Waals surface area contributed by atoms with Crippen LogP contribution < -0.4 is 10.1 Å². The van der Waals surface area contributed by atoms with Gasteiger partial charge in [0.15, 0.2) is 0 Å². The monoisotopic (exact) mass is 244 g/mol. The lowest BCUT2D eigenvalue weighted by Gasteiger charge is -2.09. The molecule has 1 heterocycles. The zero-order valence-corrected chi connectivity index (χ0v) is 11.2. The van der Waals surface area contributed by atoms with Gasteiger partial charge >= 0.3 is 0 Å². The molecule has 2 aromatic rings. The van der Waals surface area contributed by atoms with Gasteiger partial charge < -0.3 is 14.6 Å². The van der Waals surface area contributed by atoms with Gasteiger partial charge in [-0.05, 0) is 31.7 Å². The minimum absolute atomic E-state index is 0.379. The lowest BCUT2D eigenvalue weighted by atomic mass is 10.2. The molecule has 0 aliphatic heterocycles. The van der Waals surface area contributed by atoms with Crippen LogP contribution in [-0.4, -0.2) is 18.7 Å². The molecule has 2 rings (SSSR count). The molecule has 0 saturated heterocycles. The molecule has 1 aromatic heterocycles. The highest BCUT2D eigenvalue weighted by Crippen LogP contribution is 2.20. The van der Waals surface area contributed by atoms with Crippen molar-refractivity contribution in [3.05, 3.63) is 53.9 Å². The summed E-state index contributed by atoms with van der Waals surface area (Å²) in [7, 11) is 3.69. The zero-order valence-electron chi connectivity index (χ0n) is 11.2. The largest absolute Gasteiger partial charge is 0.496 e. The number of methoxy groups -OCH3 is 1. The van der Waals surface area contributed by atoms with Crippen LogP contribution in [-0.2, 0) is 6.54 Å². The van der Waals surface area contributed by atoms with Crippen LogP contribution in [0.2, 0.25) is 0 Å². The molecule has 0 aliphatic rings. The number of rotatable bonds is 5. The average molecular weight is 244 g/mol. The van der Waals surface area contributed by atoms with E-state index < -0.39 is 0 Å². The van der Waals surface area contributed by atoms with Crippen molar-refractivity contribution in [1.82, 2.24) is 9.88 Å². The predicted octanol–water partition coefficient (Wildman–Crippen LogP) is 2.83. The smallest absolute Gasteiger partial charge is 0.123 e. The zero-order chi connectivity index (χ0) is 13.0. The standard InChI is InChI=1S/C15H20N2O/c1-12(16-2)13-8-9-17(10-13)11-14-6-4-5-7-15(14)18-3/h4-10,12,16H,11H2,1-3H3. The van der Waals surface area contributed by atoms with E-state index in [1.807, 2.05) is 25.2 Å². The maximum atomic E-state index is 5.37. The summed E-state index contributed by atoms with van der Waals surface area (Å²) in [5, 5.41) is 3.24. The van der Waals surface area contributed by atoms with Crippen molar-refractivity contribution in [2.24, 2.45) is 0 Å². The molecule has 96 valence electrons. The van der Waals surface area contributed by atoms with Gasteiger partial charge in [-0.15, -0.1) is 0 Å². The predicted molar refractivity (Wildman–Crippen MR) is 74.0 cm³/mol. The maximum Gasteiger partial charge on any atom is 0.123 e. The van der Waals surface area contributed by atoms with Gasteiger partial charge in [0, 0.05) is 24.0 Å². The Morgan fingerprint density at radius 3 is 2.78 bits per heavy atom. The Morgan fingerprint density at radius 2 is 2.06 bits per heavy atom. The van der Waals surface area contributed by atoms with Crippen LogP contribution in [0.5, 0.6) is 5.75 Å². The van der Waals surface area contributed by atoms with Crippen molar-refractivity contribution in [1.29, 1.82) is 0 Å². The second-order valence-corrected chi connectivity index (χ2v) is 4.44. The molecule has 1 unspecified atom stereocenters. The van der Waals surface area contributed by atoms with E-state index in [1.165, 1.54) is 11.1 Å². The SMILES string of the molecule is CNC(C)c1ccn(Cc2ccccc2OC)c1. The number of hydrogen-bond acceptors (Lipinski definition) is 2. The summed E-state index contributed by atoms with van der Waals surface area (Å²) in [6, 6.07) is 10.7. The highest BCUT2D eigenvalue weighted by molar-refractivity contribution is 5.33. The lowest BCUT2D eigenvalue weighted by Crippen LogP contribution is -2.11. The third kappa shape index (κ3) is 2.74. The minimum Gasteiger partial charge on any atom is -0.496 e. The fourth-order valence-electron chi connectivity index (χ4n) is 2.01. The van der Waals surface area contributed by atoms with E-state index in [0.29, 0.717) is 6.04 Å². The van der Waals surface area contributed by atoms with Crippen LogP contribution in [0.4, 0.5) is 0 Å². The summed E-state index contributed by atoms with van der Waals surface area (Å²) in [6.45, 7) is 2.99. The number of hydrogen-bond donors (Lipinski definition) is 1. The van der Waals surface area contributed by atoms with E-state index >= 15 is 0 Å². The van der Waals surface area contributed by atoms with Gasteiger partial charge in [0.2, 0.25) is 0 Å². The summed E-state index contributed by atoms with van der Waals surface area (Å²) < 4.78 is 7.55. The summed E-state index contributed by atoms with van der Waals surface area (Å²) >= 11 is 0. The van der Waals surface area contributed by atoms with Crippen molar-refractivity contribution in [2.75, 3.05) is 14.2 Å². The number of para-hydroxylation sites is 1. The molecule has 0 bridgehead atoms. The normalized spacial score (nSPS) is 12.4. The van der Waals surface area contributed by atoms with Gasteiger partial charge in [0.05, 0.1) is 13.7 Å². The average Bonchev–Trinajstić information content (AvgIpc) is 2.87. The second kappa shape index (κ2) is 5.74. The molecule has 0 radical (unpaired) electrons. The highest BCUT2D eigenvalue weighted by Gasteiger charge is 2.06. The topological polar surface area (TPSA) is 26.2 Å². The third-order valence-corrected chi connectivity index (χ3v) is 3.25. The van der Waals surface area contributed by atoms with Crippen LogP contribution in [0.25, 0.3) is 0 Å². The van der Waals surface area contributed by atoms with Gasteiger partial charge in [-0.25, -0.2) is 0 Å². The Balaban J connectivity index is 2.16. The Bertz CT molecular complexity index is 505. The van der Waals surface area contributed by atoms with Crippen molar-refractivity contribution in [3.8, 4) is 5.75 Å². The van der Waals surface area contributed by atoms with Crippen LogP contribution in [0.1, 0.15) is 24.1 Å². The summed E-state index contributed by atoms with van der Waals surface area (Å²) in [6.07, 6.45) is 4.28. The van der Waals surface area contributed by atoms with Crippen LogP contribution in [0.3, 0.4) is 0 Å². The lowest BCUT2D eigenvalue weighted by molar-refractivity contribution is 0.408. The van der Waals surface area contributed by atoms with Crippen molar-refractivity contribution >= 4 is 0 Å². The fourth-order valence-corrected chi connectivity index (χ4v) is 2.01. The van der Waals surface area contributed by atoms with Crippen molar-refractivity contribution in [2.45, 2.75) is 19.5 Å². The Kier molecular flexibility index (Phi) is 4.05. The summed E-state index contributed by atoms with van der Waals surface area (Å²) in [5.41, 5.74) is 2.49. The molecule has 0 spiro atoms. The van der Waals surface area contributed by atoms with Gasteiger partial charge in [-0.1, -0.05) is 18.2 Å². The van der Waals surface area contributed by atoms with Gasteiger partial charge in [0.25, 0.3) is 0 Å².